The number of carbonyl (C=O) groups is 1. The Morgan fingerprint density at radius 3 is 2.35 bits per heavy atom. The number of rotatable bonds is 7. The first-order valence-corrected chi connectivity index (χ1v) is 14.7. The minimum absolute atomic E-state index is 0.0896. The van der Waals surface area contributed by atoms with Crippen molar-refractivity contribution < 1.29 is 13.2 Å². The Labute approximate surface area is 224 Å². The third kappa shape index (κ3) is 5.39. The molecule has 2 aliphatic rings. The number of aromatic nitrogens is 1. The molecule has 1 amide bonds. The average molecular weight is 541 g/mol. The van der Waals surface area contributed by atoms with Gasteiger partial charge in [0.2, 0.25) is 15.9 Å². The molecule has 1 aromatic heterocycles. The lowest BCUT2D eigenvalue weighted by atomic mass is 10.0. The Hall–Kier alpha value is -2.52. The van der Waals surface area contributed by atoms with Crippen LogP contribution in [-0.4, -0.2) is 71.2 Å². The Morgan fingerprint density at radius 2 is 1.65 bits per heavy atom. The molecular formula is C28H33ClN4O3S. The van der Waals surface area contributed by atoms with Crippen LogP contribution in [-0.2, 0) is 21.4 Å². The lowest BCUT2D eigenvalue weighted by Crippen LogP contribution is -2.50. The molecule has 0 N–H and O–H groups in total. The van der Waals surface area contributed by atoms with Gasteiger partial charge in [-0.1, -0.05) is 23.7 Å². The van der Waals surface area contributed by atoms with E-state index in [1.54, 1.807) is 48.8 Å². The van der Waals surface area contributed by atoms with Crippen LogP contribution in [0.25, 0.3) is 10.8 Å². The SMILES string of the molecule is CC(C)N1CCC(N2CC[C@H](N(Cc3ccncc3)S(=O)(=O)c3ccc4cc(Cl)ccc4c3)C2=O)CC1. The van der Waals surface area contributed by atoms with Crippen molar-refractivity contribution in [1.29, 1.82) is 0 Å². The largest absolute Gasteiger partial charge is 0.338 e. The van der Waals surface area contributed by atoms with E-state index in [-0.39, 0.29) is 23.4 Å². The number of halogens is 1. The van der Waals surface area contributed by atoms with Crippen molar-refractivity contribution in [3.05, 3.63) is 71.5 Å². The lowest BCUT2D eigenvalue weighted by Gasteiger charge is -2.38. The third-order valence-corrected chi connectivity index (χ3v) is 9.78. The molecule has 2 saturated heterocycles. The second-order valence-corrected chi connectivity index (χ2v) is 12.6. The number of piperidine rings is 1. The van der Waals surface area contributed by atoms with Gasteiger partial charge < -0.3 is 9.80 Å². The van der Waals surface area contributed by atoms with E-state index in [1.807, 2.05) is 17.0 Å². The van der Waals surface area contributed by atoms with Gasteiger partial charge in [-0.05, 0) is 85.8 Å². The zero-order valence-corrected chi connectivity index (χ0v) is 22.8. The molecule has 37 heavy (non-hydrogen) atoms. The maximum atomic E-state index is 14.1. The zero-order valence-electron chi connectivity index (χ0n) is 21.3. The maximum absolute atomic E-state index is 14.1. The van der Waals surface area contributed by atoms with Crippen LogP contribution in [0.1, 0.15) is 38.7 Å². The van der Waals surface area contributed by atoms with Crippen LogP contribution < -0.4 is 0 Å². The monoisotopic (exact) mass is 540 g/mol. The molecule has 3 heterocycles. The Bertz CT molecular complexity index is 1370. The number of fused-ring (bicyclic) bond motifs is 1. The van der Waals surface area contributed by atoms with Crippen molar-refractivity contribution in [3.8, 4) is 0 Å². The van der Waals surface area contributed by atoms with Crippen molar-refractivity contribution in [2.45, 2.75) is 62.7 Å². The third-order valence-electron chi connectivity index (χ3n) is 7.70. The maximum Gasteiger partial charge on any atom is 0.244 e. The molecule has 3 aromatic rings. The number of hydrogen-bond acceptors (Lipinski definition) is 5. The highest BCUT2D eigenvalue weighted by molar-refractivity contribution is 7.89. The number of sulfonamides is 1. The van der Waals surface area contributed by atoms with E-state index in [2.05, 4.69) is 23.7 Å². The summed E-state index contributed by atoms with van der Waals surface area (Å²) in [6, 6.07) is 13.9. The van der Waals surface area contributed by atoms with E-state index in [1.165, 1.54) is 4.31 Å². The average Bonchev–Trinajstić information content (AvgIpc) is 3.28. The van der Waals surface area contributed by atoms with Crippen LogP contribution in [0, 0.1) is 0 Å². The van der Waals surface area contributed by atoms with Gasteiger partial charge >= 0.3 is 0 Å². The quantitative estimate of drug-likeness (QED) is 0.439. The van der Waals surface area contributed by atoms with Crippen molar-refractivity contribution in [2.24, 2.45) is 0 Å². The second-order valence-electron chi connectivity index (χ2n) is 10.3. The van der Waals surface area contributed by atoms with Crippen molar-refractivity contribution in [1.82, 2.24) is 19.1 Å². The summed E-state index contributed by atoms with van der Waals surface area (Å²) in [7, 11) is -3.97. The summed E-state index contributed by atoms with van der Waals surface area (Å²) >= 11 is 6.12. The number of nitrogens with zero attached hydrogens (tertiary/aromatic N) is 4. The van der Waals surface area contributed by atoms with Gasteiger partial charge in [-0.15, -0.1) is 0 Å². The molecule has 1 atom stereocenters. The highest BCUT2D eigenvalue weighted by atomic mass is 35.5. The van der Waals surface area contributed by atoms with Crippen LogP contribution in [0.4, 0.5) is 0 Å². The normalized spacial score (nSPS) is 20.0. The molecule has 2 aromatic carbocycles. The smallest absolute Gasteiger partial charge is 0.244 e. The van der Waals surface area contributed by atoms with E-state index in [9.17, 15) is 13.2 Å². The first-order chi connectivity index (χ1) is 17.7. The van der Waals surface area contributed by atoms with Crippen LogP contribution in [0.5, 0.6) is 0 Å². The predicted molar refractivity (Wildman–Crippen MR) is 146 cm³/mol. The molecule has 0 unspecified atom stereocenters. The van der Waals surface area contributed by atoms with Gasteiger partial charge in [-0.3, -0.25) is 9.78 Å². The second kappa shape index (κ2) is 10.7. The minimum Gasteiger partial charge on any atom is -0.338 e. The molecule has 0 radical (unpaired) electrons. The Balaban J connectivity index is 1.44. The standard InChI is InChI=1S/C28H33ClN4O3S/c1-20(2)31-14-9-25(10-15-31)32-16-11-27(28(32)34)33(19-21-7-12-30-13-8-21)37(35,36)26-6-4-22-17-24(29)5-3-23(22)18-26/h3-8,12-13,17-18,20,25,27H,9-11,14-16,19H2,1-2H3/t27-/m0/s1. The van der Waals surface area contributed by atoms with Crippen molar-refractivity contribution in [2.75, 3.05) is 19.6 Å². The number of carbonyl (C=O) groups excluding carboxylic acids is 1. The molecule has 0 aliphatic carbocycles. The number of benzene rings is 2. The van der Waals surface area contributed by atoms with Gasteiger partial charge in [0.15, 0.2) is 0 Å². The highest BCUT2D eigenvalue weighted by Gasteiger charge is 2.44. The fourth-order valence-electron chi connectivity index (χ4n) is 5.55. The molecule has 9 heteroatoms. The van der Waals surface area contributed by atoms with E-state index in [0.29, 0.717) is 24.0 Å². The summed E-state index contributed by atoms with van der Waals surface area (Å²) in [6.07, 6.45) is 5.61. The molecule has 2 aliphatic heterocycles. The first-order valence-electron chi connectivity index (χ1n) is 12.9. The molecule has 0 spiro atoms. The first kappa shape index (κ1) is 26.1. The zero-order chi connectivity index (χ0) is 26.2. The van der Waals surface area contributed by atoms with Gasteiger partial charge in [0.05, 0.1) is 4.90 Å². The van der Waals surface area contributed by atoms with Gasteiger partial charge in [-0.2, -0.15) is 4.31 Å². The fourth-order valence-corrected chi connectivity index (χ4v) is 7.37. The van der Waals surface area contributed by atoms with Gasteiger partial charge in [0.1, 0.15) is 6.04 Å². The molecule has 0 bridgehead atoms. The van der Waals surface area contributed by atoms with Crippen LogP contribution in [0.3, 0.4) is 0 Å². The molecule has 5 rings (SSSR count). The number of likely N-dealkylation sites (tertiary alicyclic amines) is 2. The number of amides is 1. The van der Waals surface area contributed by atoms with E-state index in [0.717, 1.165) is 42.3 Å². The molecule has 7 nitrogen and oxygen atoms in total. The topological polar surface area (TPSA) is 73.8 Å². The Morgan fingerprint density at radius 1 is 0.973 bits per heavy atom. The Kier molecular flexibility index (Phi) is 7.54. The number of pyridine rings is 1. The van der Waals surface area contributed by atoms with Gasteiger partial charge in [0, 0.05) is 55.7 Å². The van der Waals surface area contributed by atoms with Crippen molar-refractivity contribution >= 4 is 38.3 Å². The molecule has 196 valence electrons. The van der Waals surface area contributed by atoms with E-state index >= 15 is 0 Å². The fraction of sp³-hybridized carbons (Fsp3) is 0.429. The summed E-state index contributed by atoms with van der Waals surface area (Å²) in [5, 5.41) is 2.24. The van der Waals surface area contributed by atoms with Gasteiger partial charge in [0.25, 0.3) is 0 Å². The summed E-state index contributed by atoms with van der Waals surface area (Å²) < 4.78 is 29.6. The van der Waals surface area contributed by atoms with Crippen LogP contribution in [0.2, 0.25) is 5.02 Å². The predicted octanol–water partition coefficient (Wildman–Crippen LogP) is 4.55. The lowest BCUT2D eigenvalue weighted by molar-refractivity contribution is -0.133. The minimum atomic E-state index is -3.97. The van der Waals surface area contributed by atoms with Crippen LogP contribution in [0.15, 0.2) is 65.8 Å². The summed E-state index contributed by atoms with van der Waals surface area (Å²) in [6.45, 7) is 6.99. The summed E-state index contributed by atoms with van der Waals surface area (Å²) in [5.74, 6) is -0.0896. The molecule has 0 saturated carbocycles. The molecular weight excluding hydrogens is 508 g/mol. The van der Waals surface area contributed by atoms with Crippen LogP contribution >= 0.6 is 11.6 Å². The van der Waals surface area contributed by atoms with E-state index in [4.69, 9.17) is 11.6 Å². The number of hydrogen-bond donors (Lipinski definition) is 0. The summed E-state index contributed by atoms with van der Waals surface area (Å²) in [4.78, 5) is 22.4. The molecule has 2 fully saturated rings. The van der Waals surface area contributed by atoms with Crippen molar-refractivity contribution in [3.63, 3.8) is 0 Å². The summed E-state index contributed by atoms with van der Waals surface area (Å²) in [5.41, 5.74) is 0.794. The van der Waals surface area contributed by atoms with Gasteiger partial charge in [-0.25, -0.2) is 8.42 Å². The highest BCUT2D eigenvalue weighted by Crippen LogP contribution is 2.31. The van der Waals surface area contributed by atoms with E-state index < -0.39 is 16.1 Å².